The molecule has 1 aliphatic heterocycles. The summed E-state index contributed by atoms with van der Waals surface area (Å²) in [6.45, 7) is 4.24. The summed E-state index contributed by atoms with van der Waals surface area (Å²) < 4.78 is 26.4. The lowest BCUT2D eigenvalue weighted by atomic mass is 10.3. The molecule has 0 bridgehead atoms. The molecule has 20 heavy (non-hydrogen) atoms. The van der Waals surface area contributed by atoms with Crippen molar-refractivity contribution < 1.29 is 13.9 Å². The van der Waals surface area contributed by atoms with Crippen molar-refractivity contribution in [2.75, 3.05) is 19.8 Å². The van der Waals surface area contributed by atoms with Crippen LogP contribution in [0, 0.1) is 5.82 Å². The summed E-state index contributed by atoms with van der Waals surface area (Å²) in [5.74, 6) is 0.426. The largest absolute Gasteiger partial charge is 0.376 e. The minimum Gasteiger partial charge on any atom is -0.376 e. The molecule has 0 spiro atoms. The number of halogens is 2. The fraction of sp³-hybridized carbons (Fsp3) is 0.500. The first kappa shape index (κ1) is 13.8. The summed E-state index contributed by atoms with van der Waals surface area (Å²) >= 11 is 6.19. The van der Waals surface area contributed by atoms with Gasteiger partial charge in [0.1, 0.15) is 11.6 Å². The van der Waals surface area contributed by atoms with E-state index in [-0.39, 0.29) is 17.3 Å². The number of hydrogen-bond donors (Lipinski definition) is 0. The van der Waals surface area contributed by atoms with E-state index >= 15 is 0 Å². The molecule has 2 heterocycles. The number of aromatic nitrogens is 2. The Kier molecular flexibility index (Phi) is 3.92. The summed E-state index contributed by atoms with van der Waals surface area (Å²) in [6, 6.07) is 4.58. The van der Waals surface area contributed by atoms with Crippen LogP contribution in [0.3, 0.4) is 0 Å². The van der Waals surface area contributed by atoms with E-state index < -0.39 is 0 Å². The quantitative estimate of drug-likeness (QED) is 0.818. The molecule has 0 aliphatic carbocycles. The van der Waals surface area contributed by atoms with Crippen LogP contribution in [-0.2, 0) is 16.0 Å². The maximum absolute atomic E-state index is 13.3. The number of fused-ring (bicyclic) bond motifs is 1. The maximum atomic E-state index is 13.3. The Morgan fingerprint density at radius 2 is 2.35 bits per heavy atom. The van der Waals surface area contributed by atoms with Crippen LogP contribution in [0.1, 0.15) is 18.1 Å². The number of hydrogen-bond acceptors (Lipinski definition) is 3. The van der Waals surface area contributed by atoms with Gasteiger partial charge in [-0.15, -0.1) is 11.6 Å². The minimum atomic E-state index is -0.298. The van der Waals surface area contributed by atoms with E-state index in [0.717, 1.165) is 11.3 Å². The van der Waals surface area contributed by atoms with Crippen molar-refractivity contribution in [3.8, 4) is 0 Å². The van der Waals surface area contributed by atoms with Gasteiger partial charge >= 0.3 is 0 Å². The normalized spacial score (nSPS) is 21.2. The van der Waals surface area contributed by atoms with Crippen LogP contribution in [0.4, 0.5) is 4.39 Å². The van der Waals surface area contributed by atoms with Crippen molar-refractivity contribution in [1.29, 1.82) is 0 Å². The van der Waals surface area contributed by atoms with Crippen molar-refractivity contribution in [2.45, 2.75) is 24.9 Å². The van der Waals surface area contributed by atoms with Crippen LogP contribution in [0.5, 0.6) is 0 Å². The number of rotatable bonds is 3. The first-order chi connectivity index (χ1) is 9.65. The zero-order valence-electron chi connectivity index (χ0n) is 11.2. The number of ether oxygens (including phenoxy) is 2. The van der Waals surface area contributed by atoms with Crippen LogP contribution in [0.15, 0.2) is 18.2 Å². The molecule has 1 aromatic carbocycles. The van der Waals surface area contributed by atoms with Crippen LogP contribution in [-0.4, -0.2) is 35.5 Å². The van der Waals surface area contributed by atoms with Crippen molar-refractivity contribution in [3.05, 3.63) is 29.8 Å². The van der Waals surface area contributed by atoms with Crippen molar-refractivity contribution in [1.82, 2.24) is 9.55 Å². The van der Waals surface area contributed by atoms with Crippen LogP contribution in [0.25, 0.3) is 11.0 Å². The van der Waals surface area contributed by atoms with Gasteiger partial charge in [-0.25, -0.2) is 9.37 Å². The molecule has 2 aromatic rings. The standard InChI is InChI=1S/C14H16ClFN2O2/c1-9(15)14-17-12-6-10(16)2-3-13(12)18(14)7-11-8-19-4-5-20-11/h2-3,6,9,11H,4-5,7-8H2,1H3. The Labute approximate surface area is 121 Å². The lowest BCUT2D eigenvalue weighted by molar-refractivity contribution is -0.0934. The van der Waals surface area contributed by atoms with Gasteiger partial charge in [-0.2, -0.15) is 0 Å². The Balaban J connectivity index is 1.99. The van der Waals surface area contributed by atoms with Crippen molar-refractivity contribution in [3.63, 3.8) is 0 Å². The van der Waals surface area contributed by atoms with Gasteiger partial charge in [0.2, 0.25) is 0 Å². The Morgan fingerprint density at radius 1 is 1.50 bits per heavy atom. The number of nitrogens with zero attached hydrogens (tertiary/aromatic N) is 2. The van der Waals surface area contributed by atoms with E-state index in [1.807, 2.05) is 11.5 Å². The molecule has 1 aromatic heterocycles. The molecular weight excluding hydrogens is 283 g/mol. The Bertz CT molecular complexity index is 608. The molecule has 1 fully saturated rings. The predicted molar refractivity (Wildman–Crippen MR) is 74.5 cm³/mol. The zero-order chi connectivity index (χ0) is 14.1. The molecule has 3 rings (SSSR count). The molecule has 2 unspecified atom stereocenters. The first-order valence-electron chi connectivity index (χ1n) is 6.64. The molecule has 0 N–H and O–H groups in total. The van der Waals surface area contributed by atoms with E-state index in [4.69, 9.17) is 21.1 Å². The molecule has 0 saturated carbocycles. The summed E-state index contributed by atoms with van der Waals surface area (Å²) in [5, 5.41) is -0.255. The van der Waals surface area contributed by atoms with Crippen molar-refractivity contribution >= 4 is 22.6 Å². The molecule has 1 aliphatic rings. The van der Waals surface area contributed by atoms with Crippen molar-refractivity contribution in [2.24, 2.45) is 0 Å². The molecule has 4 nitrogen and oxygen atoms in total. The third-order valence-corrected chi connectivity index (χ3v) is 3.56. The first-order valence-corrected chi connectivity index (χ1v) is 7.08. The SMILES string of the molecule is CC(Cl)c1nc2cc(F)ccc2n1CC1COCCO1. The smallest absolute Gasteiger partial charge is 0.127 e. The highest BCUT2D eigenvalue weighted by Crippen LogP contribution is 2.26. The monoisotopic (exact) mass is 298 g/mol. The van der Waals surface area contributed by atoms with E-state index in [9.17, 15) is 4.39 Å². The number of alkyl halides is 1. The van der Waals surface area contributed by atoms with E-state index in [0.29, 0.717) is 31.9 Å². The second kappa shape index (κ2) is 5.68. The average Bonchev–Trinajstić information content (AvgIpc) is 2.78. The topological polar surface area (TPSA) is 36.3 Å². The molecular formula is C14H16ClFN2O2. The third kappa shape index (κ3) is 2.66. The van der Waals surface area contributed by atoms with Gasteiger partial charge in [0.05, 0.1) is 48.9 Å². The van der Waals surface area contributed by atoms with E-state index in [1.54, 1.807) is 6.07 Å². The maximum Gasteiger partial charge on any atom is 0.127 e. The lowest BCUT2D eigenvalue weighted by Gasteiger charge is -2.24. The Hall–Kier alpha value is -1.17. The molecule has 108 valence electrons. The number of imidazole rings is 1. The van der Waals surface area contributed by atoms with E-state index in [1.165, 1.54) is 12.1 Å². The third-order valence-electron chi connectivity index (χ3n) is 3.37. The highest BCUT2D eigenvalue weighted by Gasteiger charge is 2.21. The lowest BCUT2D eigenvalue weighted by Crippen LogP contribution is -2.32. The minimum absolute atomic E-state index is 0.0274. The molecule has 6 heteroatoms. The zero-order valence-corrected chi connectivity index (χ0v) is 11.9. The van der Waals surface area contributed by atoms with E-state index in [2.05, 4.69) is 4.98 Å². The average molecular weight is 299 g/mol. The second-order valence-corrected chi connectivity index (χ2v) is 5.55. The predicted octanol–water partition coefficient (Wildman–Crippen LogP) is 2.89. The fourth-order valence-corrected chi connectivity index (χ4v) is 2.63. The van der Waals surface area contributed by atoms with Gasteiger partial charge in [0.25, 0.3) is 0 Å². The summed E-state index contributed by atoms with van der Waals surface area (Å²) in [7, 11) is 0. The fourth-order valence-electron chi connectivity index (χ4n) is 2.46. The van der Waals surface area contributed by atoms with Gasteiger partial charge in [-0.05, 0) is 19.1 Å². The highest BCUT2D eigenvalue weighted by molar-refractivity contribution is 6.20. The van der Waals surface area contributed by atoms with Gasteiger partial charge in [0.15, 0.2) is 0 Å². The van der Waals surface area contributed by atoms with Gasteiger partial charge in [0, 0.05) is 6.07 Å². The second-order valence-electron chi connectivity index (χ2n) is 4.90. The summed E-state index contributed by atoms with van der Waals surface area (Å²) in [6.07, 6.45) is -0.0274. The molecule has 2 atom stereocenters. The van der Waals surface area contributed by atoms with Gasteiger partial charge < -0.3 is 14.0 Å². The Morgan fingerprint density at radius 3 is 3.05 bits per heavy atom. The van der Waals surface area contributed by atoms with Crippen LogP contribution in [0.2, 0.25) is 0 Å². The summed E-state index contributed by atoms with van der Waals surface area (Å²) in [4.78, 5) is 4.43. The van der Waals surface area contributed by atoms with Crippen LogP contribution >= 0.6 is 11.6 Å². The summed E-state index contributed by atoms with van der Waals surface area (Å²) in [5.41, 5.74) is 1.48. The molecule has 0 amide bonds. The van der Waals surface area contributed by atoms with Gasteiger partial charge in [-0.3, -0.25) is 0 Å². The molecule has 1 saturated heterocycles. The molecule has 0 radical (unpaired) electrons. The highest BCUT2D eigenvalue weighted by atomic mass is 35.5. The van der Waals surface area contributed by atoms with Gasteiger partial charge in [-0.1, -0.05) is 0 Å². The number of benzene rings is 1. The van der Waals surface area contributed by atoms with Crippen LogP contribution < -0.4 is 0 Å².